The Bertz CT molecular complexity index is 935. The topological polar surface area (TPSA) is 82.6 Å². The molecule has 1 fully saturated rings. The van der Waals surface area contributed by atoms with Crippen molar-refractivity contribution in [3.05, 3.63) is 52.8 Å². The van der Waals surface area contributed by atoms with Gasteiger partial charge in [-0.3, -0.25) is 14.7 Å². The van der Waals surface area contributed by atoms with Crippen molar-refractivity contribution in [3.63, 3.8) is 0 Å². The Morgan fingerprint density at radius 1 is 1.21 bits per heavy atom. The van der Waals surface area contributed by atoms with Crippen molar-refractivity contribution in [2.45, 2.75) is 18.7 Å². The fourth-order valence-electron chi connectivity index (χ4n) is 3.23. The molecule has 3 rings (SSSR count). The highest BCUT2D eigenvalue weighted by Crippen LogP contribution is 2.27. The number of hydrogen-bond donors (Lipinski definition) is 1. The van der Waals surface area contributed by atoms with Crippen molar-refractivity contribution in [2.75, 3.05) is 38.0 Å². The summed E-state index contributed by atoms with van der Waals surface area (Å²) >= 11 is 6.24. The molecule has 0 saturated carbocycles. The number of carbonyl (C=O) groups is 1. The molecule has 0 unspecified atom stereocenters. The lowest BCUT2D eigenvalue weighted by atomic mass is 10.1. The fraction of sp³-hybridized carbons (Fsp3) is 0.368. The molecule has 0 atom stereocenters. The number of nitrogens with one attached hydrogen (secondary N) is 1. The lowest BCUT2D eigenvalue weighted by molar-refractivity contribution is -0.117. The quantitative estimate of drug-likeness (QED) is 0.799. The first-order valence-corrected chi connectivity index (χ1v) is 10.8. The summed E-state index contributed by atoms with van der Waals surface area (Å²) in [6, 6.07) is 6.91. The van der Waals surface area contributed by atoms with Crippen LogP contribution < -0.4 is 5.32 Å². The number of sulfonamides is 1. The second-order valence-corrected chi connectivity index (χ2v) is 9.20. The van der Waals surface area contributed by atoms with Crippen molar-refractivity contribution < 1.29 is 13.2 Å². The van der Waals surface area contributed by atoms with E-state index in [1.54, 1.807) is 6.07 Å². The molecule has 1 aromatic heterocycles. The molecule has 9 heteroatoms. The van der Waals surface area contributed by atoms with Crippen LogP contribution in [-0.4, -0.2) is 61.2 Å². The molecular weight excluding hydrogens is 400 g/mol. The predicted octanol–water partition coefficient (Wildman–Crippen LogP) is 2.30. The standard InChI is InChI=1S/C19H23ClN4O3S/c1-14-10-15(2)19(17(20)11-14)22-18(25)13-23-6-8-24(9-7-23)28(26,27)16-4-3-5-21-12-16/h3-5,10-12H,6-9,13H2,1-2H3,(H,22,25). The van der Waals surface area contributed by atoms with E-state index < -0.39 is 10.0 Å². The Morgan fingerprint density at radius 2 is 1.93 bits per heavy atom. The first-order chi connectivity index (χ1) is 13.3. The van der Waals surface area contributed by atoms with Gasteiger partial charge in [-0.25, -0.2) is 8.42 Å². The molecule has 2 aromatic rings. The number of amides is 1. The van der Waals surface area contributed by atoms with Crippen LogP contribution in [0.4, 0.5) is 5.69 Å². The number of halogens is 1. The maximum Gasteiger partial charge on any atom is 0.244 e. The van der Waals surface area contributed by atoms with Crippen LogP contribution in [0, 0.1) is 13.8 Å². The average Bonchev–Trinajstić information content (AvgIpc) is 2.66. The van der Waals surface area contributed by atoms with E-state index in [1.807, 2.05) is 30.9 Å². The van der Waals surface area contributed by atoms with Gasteiger partial charge in [-0.05, 0) is 43.2 Å². The molecule has 1 aromatic carbocycles. The summed E-state index contributed by atoms with van der Waals surface area (Å²) in [5.41, 5.74) is 2.56. The van der Waals surface area contributed by atoms with E-state index in [2.05, 4.69) is 10.3 Å². The molecule has 1 N–H and O–H groups in total. The van der Waals surface area contributed by atoms with E-state index in [4.69, 9.17) is 11.6 Å². The van der Waals surface area contributed by atoms with Gasteiger partial charge in [0.15, 0.2) is 0 Å². The number of pyridine rings is 1. The Labute approximate surface area is 170 Å². The molecule has 0 bridgehead atoms. The van der Waals surface area contributed by atoms with E-state index in [1.165, 1.54) is 22.8 Å². The number of rotatable bonds is 5. The zero-order valence-electron chi connectivity index (χ0n) is 15.9. The molecule has 150 valence electrons. The highest BCUT2D eigenvalue weighted by molar-refractivity contribution is 7.89. The number of aryl methyl sites for hydroxylation is 2. The molecule has 1 amide bonds. The van der Waals surface area contributed by atoms with Gasteiger partial charge in [-0.1, -0.05) is 17.7 Å². The highest BCUT2D eigenvalue weighted by Gasteiger charge is 2.29. The van der Waals surface area contributed by atoms with Gasteiger partial charge in [0.05, 0.1) is 17.3 Å². The molecule has 1 saturated heterocycles. The highest BCUT2D eigenvalue weighted by atomic mass is 35.5. The minimum atomic E-state index is -3.55. The van der Waals surface area contributed by atoms with E-state index in [-0.39, 0.29) is 17.3 Å². The Balaban J connectivity index is 1.57. The average molecular weight is 423 g/mol. The number of hydrogen-bond acceptors (Lipinski definition) is 5. The van der Waals surface area contributed by atoms with Gasteiger partial charge in [-0.15, -0.1) is 0 Å². The SMILES string of the molecule is Cc1cc(C)c(NC(=O)CN2CCN(S(=O)(=O)c3cccnc3)CC2)c(Cl)c1. The third-order valence-electron chi connectivity index (χ3n) is 4.67. The molecule has 0 radical (unpaired) electrons. The third-order valence-corrected chi connectivity index (χ3v) is 6.85. The van der Waals surface area contributed by atoms with Crippen LogP contribution in [0.1, 0.15) is 11.1 Å². The van der Waals surface area contributed by atoms with Crippen molar-refractivity contribution in [1.82, 2.24) is 14.2 Å². The van der Waals surface area contributed by atoms with Crippen LogP contribution in [0.25, 0.3) is 0 Å². The number of benzene rings is 1. The van der Waals surface area contributed by atoms with E-state index >= 15 is 0 Å². The maximum atomic E-state index is 12.6. The monoisotopic (exact) mass is 422 g/mol. The summed E-state index contributed by atoms with van der Waals surface area (Å²) in [6.07, 6.45) is 2.89. The van der Waals surface area contributed by atoms with Gasteiger partial charge in [0.25, 0.3) is 0 Å². The summed E-state index contributed by atoms with van der Waals surface area (Å²) in [5.74, 6) is -0.169. The number of piperazine rings is 1. The smallest absolute Gasteiger partial charge is 0.244 e. The van der Waals surface area contributed by atoms with Crippen molar-refractivity contribution in [2.24, 2.45) is 0 Å². The molecule has 2 heterocycles. The lowest BCUT2D eigenvalue weighted by Gasteiger charge is -2.33. The second-order valence-electron chi connectivity index (χ2n) is 6.86. The Kier molecular flexibility index (Phi) is 6.34. The van der Waals surface area contributed by atoms with Gasteiger partial charge in [0.2, 0.25) is 15.9 Å². The normalized spacial score (nSPS) is 16.1. The van der Waals surface area contributed by atoms with Crippen LogP contribution in [0.5, 0.6) is 0 Å². The first-order valence-electron chi connectivity index (χ1n) is 8.96. The minimum Gasteiger partial charge on any atom is -0.323 e. The number of anilines is 1. The molecule has 28 heavy (non-hydrogen) atoms. The number of nitrogens with zero attached hydrogens (tertiary/aromatic N) is 3. The zero-order valence-corrected chi connectivity index (χ0v) is 17.4. The molecule has 1 aliphatic rings. The van der Waals surface area contributed by atoms with Crippen LogP contribution in [0.15, 0.2) is 41.6 Å². The third kappa shape index (κ3) is 4.70. The summed E-state index contributed by atoms with van der Waals surface area (Å²) in [6.45, 7) is 5.65. The van der Waals surface area contributed by atoms with Gasteiger partial charge in [0, 0.05) is 38.6 Å². The van der Waals surface area contributed by atoms with Crippen LogP contribution in [0.2, 0.25) is 5.02 Å². The van der Waals surface area contributed by atoms with E-state index in [0.29, 0.717) is 36.9 Å². The Hall–Kier alpha value is -2.00. The Morgan fingerprint density at radius 3 is 2.54 bits per heavy atom. The van der Waals surface area contributed by atoms with Crippen LogP contribution >= 0.6 is 11.6 Å². The number of carbonyl (C=O) groups excluding carboxylic acids is 1. The molecule has 7 nitrogen and oxygen atoms in total. The van der Waals surface area contributed by atoms with Crippen molar-refractivity contribution >= 4 is 33.2 Å². The second kappa shape index (κ2) is 8.57. The maximum absolute atomic E-state index is 12.6. The zero-order chi connectivity index (χ0) is 20.3. The molecule has 0 spiro atoms. The van der Waals surface area contributed by atoms with Crippen LogP contribution in [0.3, 0.4) is 0 Å². The van der Waals surface area contributed by atoms with Crippen molar-refractivity contribution in [3.8, 4) is 0 Å². The molecular formula is C19H23ClN4O3S. The minimum absolute atomic E-state index is 0.169. The number of aromatic nitrogens is 1. The lowest BCUT2D eigenvalue weighted by Crippen LogP contribution is -2.50. The van der Waals surface area contributed by atoms with E-state index in [9.17, 15) is 13.2 Å². The van der Waals surface area contributed by atoms with Gasteiger partial charge >= 0.3 is 0 Å². The summed E-state index contributed by atoms with van der Waals surface area (Å²) in [5, 5.41) is 3.38. The largest absolute Gasteiger partial charge is 0.323 e. The molecule has 0 aliphatic carbocycles. The van der Waals surface area contributed by atoms with Crippen LogP contribution in [-0.2, 0) is 14.8 Å². The first kappa shape index (κ1) is 20.7. The molecule has 1 aliphatic heterocycles. The fourth-order valence-corrected chi connectivity index (χ4v) is 4.99. The van der Waals surface area contributed by atoms with Gasteiger partial charge in [0.1, 0.15) is 4.90 Å². The summed E-state index contributed by atoms with van der Waals surface area (Å²) in [4.78, 5) is 18.4. The predicted molar refractivity (Wildman–Crippen MR) is 109 cm³/mol. The summed E-state index contributed by atoms with van der Waals surface area (Å²) in [7, 11) is -3.55. The van der Waals surface area contributed by atoms with Crippen molar-refractivity contribution in [1.29, 1.82) is 0 Å². The van der Waals surface area contributed by atoms with Gasteiger partial charge < -0.3 is 5.32 Å². The summed E-state index contributed by atoms with van der Waals surface area (Å²) < 4.78 is 26.7. The van der Waals surface area contributed by atoms with Gasteiger partial charge in [-0.2, -0.15) is 4.31 Å². The van der Waals surface area contributed by atoms with E-state index in [0.717, 1.165) is 11.1 Å².